The van der Waals surface area contributed by atoms with Crippen LogP contribution in [0.4, 0.5) is 5.69 Å². The largest absolute Gasteiger partial charge is 0.360 e. The van der Waals surface area contributed by atoms with Crippen molar-refractivity contribution in [3.05, 3.63) is 69.5 Å². The first-order valence-corrected chi connectivity index (χ1v) is 11.2. The van der Waals surface area contributed by atoms with Crippen LogP contribution >= 0.6 is 11.6 Å². The lowest BCUT2D eigenvalue weighted by molar-refractivity contribution is 0.0938. The lowest BCUT2D eigenvalue weighted by Gasteiger charge is -2.20. The average molecular weight is 448 g/mol. The number of nitrogens with one attached hydrogen (secondary N) is 2. The van der Waals surface area contributed by atoms with E-state index in [1.54, 1.807) is 24.3 Å². The number of aromatic nitrogens is 1. The Morgan fingerprint density at radius 2 is 1.87 bits per heavy atom. The highest BCUT2D eigenvalue weighted by molar-refractivity contribution is 7.92. The maximum absolute atomic E-state index is 13.1. The van der Waals surface area contributed by atoms with Crippen molar-refractivity contribution in [1.82, 2.24) is 10.3 Å². The van der Waals surface area contributed by atoms with Crippen LogP contribution < -0.4 is 15.1 Å². The van der Waals surface area contributed by atoms with Crippen molar-refractivity contribution in [3.8, 4) is 0 Å². The summed E-state index contributed by atoms with van der Waals surface area (Å²) in [7, 11) is -2.51. The molecule has 0 spiro atoms. The Balaban J connectivity index is 2.05. The molecule has 0 saturated heterocycles. The zero-order valence-electron chi connectivity index (χ0n) is 16.8. The molecule has 1 heterocycles. The summed E-state index contributed by atoms with van der Waals surface area (Å²) in [6, 6.07) is 10.5. The van der Waals surface area contributed by atoms with Crippen LogP contribution in [0.2, 0.25) is 5.02 Å². The summed E-state index contributed by atoms with van der Waals surface area (Å²) in [5, 5.41) is 3.36. The number of hydrogen-bond acceptors (Lipinski definition) is 4. The van der Waals surface area contributed by atoms with E-state index in [0.29, 0.717) is 16.2 Å². The molecule has 0 unspecified atom stereocenters. The van der Waals surface area contributed by atoms with E-state index in [2.05, 4.69) is 10.3 Å². The number of amides is 1. The van der Waals surface area contributed by atoms with E-state index in [0.717, 1.165) is 10.7 Å². The molecular weight excluding hydrogens is 426 g/mol. The molecule has 158 valence electrons. The van der Waals surface area contributed by atoms with E-state index < -0.39 is 21.4 Å². The number of halogens is 1. The zero-order chi connectivity index (χ0) is 22.1. The van der Waals surface area contributed by atoms with E-state index in [1.807, 2.05) is 13.8 Å². The molecule has 0 saturated carbocycles. The summed E-state index contributed by atoms with van der Waals surface area (Å²) in [5.74, 6) is -0.501. The monoisotopic (exact) mass is 447 g/mol. The molecule has 9 heteroatoms. The van der Waals surface area contributed by atoms with Crippen molar-refractivity contribution < 1.29 is 13.2 Å². The summed E-state index contributed by atoms with van der Waals surface area (Å²) in [6.45, 7) is 3.76. The highest BCUT2D eigenvalue weighted by Gasteiger charge is 2.23. The number of hydrogen-bond donors (Lipinski definition) is 2. The minimum atomic E-state index is -3.93. The molecule has 1 amide bonds. The molecule has 0 aliphatic rings. The fourth-order valence-corrected chi connectivity index (χ4v) is 4.23. The third-order valence-electron chi connectivity index (χ3n) is 4.94. The van der Waals surface area contributed by atoms with E-state index >= 15 is 0 Å². The summed E-state index contributed by atoms with van der Waals surface area (Å²) in [6.07, 6.45) is 2.06. The lowest BCUT2D eigenvalue weighted by Crippen LogP contribution is -2.35. The number of carbonyl (C=O) groups excluding carboxylic acids is 1. The van der Waals surface area contributed by atoms with E-state index in [-0.39, 0.29) is 21.9 Å². The van der Waals surface area contributed by atoms with Crippen molar-refractivity contribution in [2.24, 2.45) is 0 Å². The van der Waals surface area contributed by atoms with Gasteiger partial charge in [-0.1, -0.05) is 18.5 Å². The summed E-state index contributed by atoms with van der Waals surface area (Å²) >= 11 is 5.87. The molecule has 3 rings (SSSR count). The Bertz CT molecular complexity index is 1250. The molecule has 1 atom stereocenters. The molecule has 2 aromatic carbocycles. The number of fused-ring (bicyclic) bond motifs is 1. The van der Waals surface area contributed by atoms with Gasteiger partial charge in [-0.3, -0.25) is 13.9 Å². The topological polar surface area (TPSA) is 99.3 Å². The van der Waals surface area contributed by atoms with Gasteiger partial charge in [0, 0.05) is 35.2 Å². The Morgan fingerprint density at radius 3 is 2.50 bits per heavy atom. The number of rotatable bonds is 6. The summed E-state index contributed by atoms with van der Waals surface area (Å²) in [4.78, 5) is 28.1. The maximum atomic E-state index is 13.1. The molecule has 0 bridgehead atoms. The predicted octanol–water partition coefficient (Wildman–Crippen LogP) is 3.53. The van der Waals surface area contributed by atoms with Crippen LogP contribution in [0.5, 0.6) is 0 Å². The van der Waals surface area contributed by atoms with Crippen LogP contribution in [0.25, 0.3) is 10.9 Å². The quantitative estimate of drug-likeness (QED) is 0.603. The first-order valence-electron chi connectivity index (χ1n) is 9.36. The standard InChI is InChI=1S/C21H22ClN3O4S/c1-4-13(2)24-21(27)18-12-23-19-10-9-16(11-17(19)20(18)26)30(28,29)25(3)15-7-5-14(22)6-8-15/h5-13H,4H2,1-3H3,(H,23,26)(H,24,27)/t13-/m0/s1. The van der Waals surface area contributed by atoms with Crippen molar-refractivity contribution in [1.29, 1.82) is 0 Å². The minimum Gasteiger partial charge on any atom is -0.360 e. The molecule has 7 nitrogen and oxygen atoms in total. The molecule has 3 aromatic rings. The Kier molecular flexibility index (Phi) is 6.19. The van der Waals surface area contributed by atoms with Crippen molar-refractivity contribution in [2.45, 2.75) is 31.2 Å². The Morgan fingerprint density at radius 1 is 1.20 bits per heavy atom. The molecule has 2 N–H and O–H groups in total. The van der Waals surface area contributed by atoms with E-state index in [4.69, 9.17) is 11.6 Å². The van der Waals surface area contributed by atoms with Crippen LogP contribution in [0.15, 0.2) is 58.4 Å². The molecule has 0 aliphatic carbocycles. The number of benzene rings is 2. The van der Waals surface area contributed by atoms with Crippen molar-refractivity contribution in [3.63, 3.8) is 0 Å². The number of pyridine rings is 1. The average Bonchev–Trinajstić information content (AvgIpc) is 2.73. The number of H-pyrrole nitrogens is 1. The van der Waals surface area contributed by atoms with Gasteiger partial charge in [0.2, 0.25) is 5.43 Å². The summed E-state index contributed by atoms with van der Waals surface area (Å²) < 4.78 is 27.3. The number of sulfonamides is 1. The first kappa shape index (κ1) is 21.9. The second kappa shape index (κ2) is 8.49. The van der Waals surface area contributed by atoms with Crippen molar-refractivity contribution >= 4 is 44.1 Å². The highest BCUT2D eigenvalue weighted by Crippen LogP contribution is 2.25. The molecule has 0 aliphatic heterocycles. The molecule has 30 heavy (non-hydrogen) atoms. The third kappa shape index (κ3) is 4.20. The van der Waals surface area contributed by atoms with Gasteiger partial charge in [-0.15, -0.1) is 0 Å². The van der Waals surface area contributed by atoms with Gasteiger partial charge < -0.3 is 10.3 Å². The smallest absolute Gasteiger partial charge is 0.264 e. The van der Waals surface area contributed by atoms with Crippen molar-refractivity contribution in [2.75, 3.05) is 11.4 Å². The van der Waals surface area contributed by atoms with Crippen LogP contribution in [0, 0.1) is 0 Å². The number of anilines is 1. The van der Waals surface area contributed by atoms with Gasteiger partial charge >= 0.3 is 0 Å². The number of aromatic amines is 1. The lowest BCUT2D eigenvalue weighted by atomic mass is 10.1. The van der Waals surface area contributed by atoms with Gasteiger partial charge in [0.1, 0.15) is 5.56 Å². The van der Waals surface area contributed by atoms with Gasteiger partial charge in [0.05, 0.1) is 10.6 Å². The van der Waals surface area contributed by atoms with Gasteiger partial charge in [-0.2, -0.15) is 0 Å². The van der Waals surface area contributed by atoms with Gasteiger partial charge in [0.15, 0.2) is 0 Å². The minimum absolute atomic E-state index is 0.0579. The van der Waals surface area contributed by atoms with Gasteiger partial charge in [-0.05, 0) is 55.8 Å². The first-order chi connectivity index (χ1) is 14.1. The number of nitrogens with zero attached hydrogens (tertiary/aromatic N) is 1. The second-order valence-corrected chi connectivity index (χ2v) is 9.38. The SMILES string of the molecule is CC[C@H](C)NC(=O)c1c[nH]c2ccc(S(=O)(=O)N(C)c3ccc(Cl)cc3)cc2c1=O. The Hall–Kier alpha value is -2.84. The van der Waals surface area contributed by atoms with Crippen LogP contribution in [-0.2, 0) is 10.0 Å². The predicted molar refractivity (Wildman–Crippen MR) is 119 cm³/mol. The summed E-state index contributed by atoms with van der Waals surface area (Å²) in [5.41, 5.74) is 0.266. The third-order valence-corrected chi connectivity index (χ3v) is 6.97. The number of carbonyl (C=O) groups is 1. The molecule has 0 radical (unpaired) electrons. The van der Waals surface area contributed by atoms with E-state index in [1.165, 1.54) is 31.4 Å². The van der Waals surface area contributed by atoms with Gasteiger partial charge in [0.25, 0.3) is 15.9 Å². The normalized spacial score (nSPS) is 12.5. The highest BCUT2D eigenvalue weighted by atomic mass is 35.5. The molecule has 0 fully saturated rings. The Labute approximate surface area is 179 Å². The second-order valence-electron chi connectivity index (χ2n) is 6.97. The van der Waals surface area contributed by atoms with Crippen LogP contribution in [-0.4, -0.2) is 32.4 Å². The fraction of sp³-hybridized carbons (Fsp3) is 0.238. The zero-order valence-corrected chi connectivity index (χ0v) is 18.3. The van der Waals surface area contributed by atoms with Crippen LogP contribution in [0.1, 0.15) is 30.6 Å². The fourth-order valence-electron chi connectivity index (χ4n) is 2.88. The van der Waals surface area contributed by atoms with Gasteiger partial charge in [-0.25, -0.2) is 8.42 Å². The molecule has 1 aromatic heterocycles. The van der Waals surface area contributed by atoms with E-state index in [9.17, 15) is 18.0 Å². The maximum Gasteiger partial charge on any atom is 0.264 e. The van der Waals surface area contributed by atoms with Crippen LogP contribution in [0.3, 0.4) is 0 Å². The molecular formula is C21H22ClN3O4S.